The van der Waals surface area contributed by atoms with Crippen molar-refractivity contribution in [3.05, 3.63) is 29.8 Å². The molecular formula is C16H20N6O4. The number of nitrogens with one attached hydrogen (secondary N) is 1. The van der Waals surface area contributed by atoms with Crippen LogP contribution < -0.4 is 5.32 Å². The number of amides is 2. The van der Waals surface area contributed by atoms with Gasteiger partial charge in [-0.2, -0.15) is 4.80 Å². The van der Waals surface area contributed by atoms with Gasteiger partial charge in [0, 0.05) is 19.7 Å². The summed E-state index contributed by atoms with van der Waals surface area (Å²) in [7, 11) is 3.15. The Kier molecular flexibility index (Phi) is 6.36. The van der Waals surface area contributed by atoms with Crippen molar-refractivity contribution in [1.29, 1.82) is 0 Å². The van der Waals surface area contributed by atoms with Crippen LogP contribution >= 0.6 is 0 Å². The minimum Gasteiger partial charge on any atom is -0.454 e. The molecule has 0 fully saturated rings. The first kappa shape index (κ1) is 19.0. The highest BCUT2D eigenvalue weighted by Crippen LogP contribution is 2.13. The first-order chi connectivity index (χ1) is 12.3. The van der Waals surface area contributed by atoms with Crippen LogP contribution in [0.25, 0.3) is 11.4 Å². The fourth-order valence-electron chi connectivity index (χ4n) is 1.82. The lowest BCUT2D eigenvalue weighted by Crippen LogP contribution is -2.38. The van der Waals surface area contributed by atoms with Crippen molar-refractivity contribution in [1.82, 2.24) is 30.4 Å². The SMILES string of the molecule is Cc1ccc(-c2nnn(CC(=O)OCC(=O)NCC(=O)N(C)C)n2)cc1. The van der Waals surface area contributed by atoms with E-state index in [9.17, 15) is 14.4 Å². The molecule has 1 aromatic carbocycles. The van der Waals surface area contributed by atoms with Gasteiger partial charge in [0.25, 0.3) is 5.91 Å². The predicted octanol–water partition coefficient (Wildman–Crippen LogP) is -0.604. The largest absolute Gasteiger partial charge is 0.454 e. The molecular weight excluding hydrogens is 340 g/mol. The second kappa shape index (κ2) is 8.70. The Morgan fingerprint density at radius 3 is 2.54 bits per heavy atom. The van der Waals surface area contributed by atoms with Crippen LogP contribution in [0.4, 0.5) is 0 Å². The molecule has 26 heavy (non-hydrogen) atoms. The molecule has 0 aliphatic heterocycles. The molecule has 2 aromatic rings. The van der Waals surface area contributed by atoms with Gasteiger partial charge < -0.3 is 15.0 Å². The topological polar surface area (TPSA) is 119 Å². The zero-order chi connectivity index (χ0) is 19.1. The van der Waals surface area contributed by atoms with E-state index < -0.39 is 18.5 Å². The second-order valence-corrected chi connectivity index (χ2v) is 5.74. The summed E-state index contributed by atoms with van der Waals surface area (Å²) < 4.78 is 4.83. The molecule has 0 aliphatic carbocycles. The van der Waals surface area contributed by atoms with E-state index in [2.05, 4.69) is 20.7 Å². The van der Waals surface area contributed by atoms with E-state index in [1.54, 1.807) is 14.1 Å². The number of hydrogen-bond acceptors (Lipinski definition) is 7. The second-order valence-electron chi connectivity index (χ2n) is 5.74. The molecule has 2 rings (SSSR count). The fourth-order valence-corrected chi connectivity index (χ4v) is 1.82. The highest BCUT2D eigenvalue weighted by Gasteiger charge is 2.13. The average molecular weight is 360 g/mol. The fraction of sp³-hybridized carbons (Fsp3) is 0.375. The summed E-state index contributed by atoms with van der Waals surface area (Å²) in [6.45, 7) is 1.05. The van der Waals surface area contributed by atoms with E-state index in [1.165, 1.54) is 4.90 Å². The van der Waals surface area contributed by atoms with E-state index in [4.69, 9.17) is 4.74 Å². The van der Waals surface area contributed by atoms with Crippen LogP contribution in [0.3, 0.4) is 0 Å². The third kappa shape index (κ3) is 5.65. The molecule has 0 bridgehead atoms. The molecule has 1 N–H and O–H groups in total. The monoisotopic (exact) mass is 360 g/mol. The maximum atomic E-state index is 11.7. The molecule has 10 nitrogen and oxygen atoms in total. The molecule has 1 heterocycles. The number of likely N-dealkylation sites (N-methyl/N-ethyl adjacent to an activating group) is 1. The molecule has 138 valence electrons. The van der Waals surface area contributed by atoms with Gasteiger partial charge >= 0.3 is 5.97 Å². The molecule has 0 unspecified atom stereocenters. The molecule has 0 radical (unpaired) electrons. The number of tetrazole rings is 1. The molecule has 1 aromatic heterocycles. The van der Waals surface area contributed by atoms with Gasteiger partial charge in [0.1, 0.15) is 0 Å². The van der Waals surface area contributed by atoms with Crippen molar-refractivity contribution in [3.8, 4) is 11.4 Å². The van der Waals surface area contributed by atoms with Gasteiger partial charge in [0.15, 0.2) is 13.2 Å². The third-order valence-corrected chi connectivity index (χ3v) is 3.33. The van der Waals surface area contributed by atoms with Gasteiger partial charge in [-0.3, -0.25) is 9.59 Å². The summed E-state index contributed by atoms with van der Waals surface area (Å²) in [5, 5.41) is 14.1. The van der Waals surface area contributed by atoms with Gasteiger partial charge in [-0.25, -0.2) is 4.79 Å². The number of rotatable bonds is 7. The standard InChI is InChI=1S/C16H20N6O4/c1-11-4-6-12(7-5-11)16-18-20-22(19-16)9-15(25)26-10-13(23)17-8-14(24)21(2)3/h4-7H,8-10H2,1-3H3,(H,17,23). The summed E-state index contributed by atoms with van der Waals surface area (Å²) in [6, 6.07) is 7.55. The molecule has 0 saturated heterocycles. The summed E-state index contributed by atoms with van der Waals surface area (Å²) in [5.41, 5.74) is 1.88. The van der Waals surface area contributed by atoms with Crippen molar-refractivity contribution >= 4 is 17.8 Å². The van der Waals surface area contributed by atoms with E-state index in [-0.39, 0.29) is 19.0 Å². The van der Waals surface area contributed by atoms with Crippen molar-refractivity contribution in [2.24, 2.45) is 0 Å². The number of aryl methyl sites for hydroxylation is 1. The number of esters is 1. The Balaban J connectivity index is 1.78. The minimum absolute atomic E-state index is 0.159. The van der Waals surface area contributed by atoms with Crippen molar-refractivity contribution in [2.75, 3.05) is 27.2 Å². The molecule has 0 aliphatic rings. The summed E-state index contributed by atoms with van der Waals surface area (Å²) in [5.74, 6) is -1.13. The van der Waals surface area contributed by atoms with Gasteiger partial charge in [-0.15, -0.1) is 10.2 Å². The van der Waals surface area contributed by atoms with E-state index >= 15 is 0 Å². The maximum absolute atomic E-state index is 11.7. The smallest absolute Gasteiger partial charge is 0.330 e. The lowest BCUT2D eigenvalue weighted by Gasteiger charge is -2.10. The number of aromatic nitrogens is 4. The first-order valence-corrected chi connectivity index (χ1v) is 7.82. The average Bonchev–Trinajstić information content (AvgIpc) is 3.06. The number of carbonyl (C=O) groups is 3. The van der Waals surface area contributed by atoms with Crippen LogP contribution in [0.15, 0.2) is 24.3 Å². The zero-order valence-electron chi connectivity index (χ0n) is 14.8. The van der Waals surface area contributed by atoms with Crippen LogP contribution in [0, 0.1) is 6.92 Å². The van der Waals surface area contributed by atoms with Crippen LogP contribution in [-0.2, 0) is 25.7 Å². The minimum atomic E-state index is -0.688. The van der Waals surface area contributed by atoms with Crippen molar-refractivity contribution < 1.29 is 19.1 Å². The number of hydrogen-bond donors (Lipinski definition) is 1. The van der Waals surface area contributed by atoms with Crippen LogP contribution in [0.1, 0.15) is 5.56 Å². The molecule has 2 amide bonds. The highest BCUT2D eigenvalue weighted by molar-refractivity contribution is 5.86. The van der Waals surface area contributed by atoms with E-state index in [0.717, 1.165) is 15.9 Å². The van der Waals surface area contributed by atoms with Gasteiger partial charge in [0.05, 0.1) is 6.54 Å². The lowest BCUT2D eigenvalue weighted by molar-refractivity contribution is -0.149. The summed E-state index contributed by atoms with van der Waals surface area (Å²) >= 11 is 0. The lowest BCUT2D eigenvalue weighted by atomic mass is 10.1. The predicted molar refractivity (Wildman–Crippen MR) is 90.7 cm³/mol. The number of carbonyl (C=O) groups excluding carboxylic acids is 3. The summed E-state index contributed by atoms with van der Waals surface area (Å²) in [4.78, 5) is 37.1. The molecule has 0 saturated carbocycles. The zero-order valence-corrected chi connectivity index (χ0v) is 14.8. The van der Waals surface area contributed by atoms with Gasteiger partial charge in [-0.05, 0) is 12.1 Å². The Labute approximate surface area is 150 Å². The number of benzene rings is 1. The molecule has 0 spiro atoms. The van der Waals surface area contributed by atoms with Gasteiger partial charge in [-0.1, -0.05) is 29.8 Å². The van der Waals surface area contributed by atoms with E-state index in [1.807, 2.05) is 31.2 Å². The van der Waals surface area contributed by atoms with Crippen molar-refractivity contribution in [2.45, 2.75) is 13.5 Å². The van der Waals surface area contributed by atoms with Crippen LogP contribution in [0.5, 0.6) is 0 Å². The van der Waals surface area contributed by atoms with Gasteiger partial charge in [0.2, 0.25) is 11.7 Å². The Hall–Kier alpha value is -3.30. The van der Waals surface area contributed by atoms with Crippen LogP contribution in [-0.4, -0.2) is 70.1 Å². The number of ether oxygens (including phenoxy) is 1. The molecule has 10 heteroatoms. The highest BCUT2D eigenvalue weighted by atomic mass is 16.5. The van der Waals surface area contributed by atoms with Crippen LogP contribution in [0.2, 0.25) is 0 Å². The Morgan fingerprint density at radius 2 is 1.88 bits per heavy atom. The van der Waals surface area contributed by atoms with Crippen molar-refractivity contribution in [3.63, 3.8) is 0 Å². The normalized spacial score (nSPS) is 10.3. The third-order valence-electron chi connectivity index (χ3n) is 3.33. The summed E-state index contributed by atoms with van der Waals surface area (Å²) in [6.07, 6.45) is 0. The molecule has 0 atom stereocenters. The Bertz CT molecular complexity index is 784. The first-order valence-electron chi connectivity index (χ1n) is 7.82. The number of nitrogens with zero attached hydrogens (tertiary/aromatic N) is 5. The quantitative estimate of drug-likeness (QED) is 0.655. The van der Waals surface area contributed by atoms with E-state index in [0.29, 0.717) is 5.82 Å². The maximum Gasteiger partial charge on any atom is 0.330 e. The Morgan fingerprint density at radius 1 is 1.19 bits per heavy atom.